The van der Waals surface area contributed by atoms with Crippen molar-refractivity contribution < 1.29 is 28.6 Å². The van der Waals surface area contributed by atoms with Crippen LogP contribution in [0.1, 0.15) is 342 Å². The van der Waals surface area contributed by atoms with Gasteiger partial charge in [-0.25, -0.2) is 0 Å². The van der Waals surface area contributed by atoms with Crippen LogP contribution in [-0.4, -0.2) is 37.2 Å². The van der Waals surface area contributed by atoms with Gasteiger partial charge in [-0.2, -0.15) is 0 Å². The molecule has 0 aliphatic rings. The average Bonchev–Trinajstić information content (AvgIpc) is 3.35. The topological polar surface area (TPSA) is 78.9 Å². The van der Waals surface area contributed by atoms with Gasteiger partial charge in [-0.05, 0) is 51.4 Å². The second kappa shape index (κ2) is 58.5. The molecule has 0 unspecified atom stereocenters. The standard InChI is InChI=1S/C63H118O6/c1-4-7-10-13-16-19-22-25-28-30-31-33-35-38-41-44-47-50-53-56-62(65)68-59-60(58-67-61(64)55-52-49-46-43-40-37-34-27-24-21-18-15-12-9-6-3)69-63(66)57-54-51-48-45-42-39-36-32-29-26-23-20-17-14-11-8-5-2/h16,19,25,28,60H,4-15,17-18,20-24,26-27,29-59H2,1-3H3/b19-16+,28-25+/t60-/m1/s1. The van der Waals surface area contributed by atoms with Gasteiger partial charge in [-0.1, -0.05) is 295 Å². The molecule has 0 fully saturated rings. The normalized spacial score (nSPS) is 12.1. The number of allylic oxidation sites excluding steroid dienone is 4. The second-order valence-electron chi connectivity index (χ2n) is 21.0. The number of carbonyl (C=O) groups excluding carboxylic acids is 3. The summed E-state index contributed by atoms with van der Waals surface area (Å²) in [5.74, 6) is -0.844. The molecule has 0 aromatic rings. The largest absolute Gasteiger partial charge is 0.462 e. The quantitative estimate of drug-likeness (QED) is 0.0261. The van der Waals surface area contributed by atoms with E-state index in [1.807, 2.05) is 0 Å². The van der Waals surface area contributed by atoms with Crippen molar-refractivity contribution in [2.45, 2.75) is 348 Å². The van der Waals surface area contributed by atoms with Gasteiger partial charge in [0.25, 0.3) is 0 Å². The maximum absolute atomic E-state index is 12.9. The van der Waals surface area contributed by atoms with Crippen LogP contribution in [0.4, 0.5) is 0 Å². The summed E-state index contributed by atoms with van der Waals surface area (Å²) < 4.78 is 16.9. The maximum atomic E-state index is 12.9. The van der Waals surface area contributed by atoms with Crippen molar-refractivity contribution in [3.05, 3.63) is 24.3 Å². The molecule has 0 radical (unpaired) electrons. The Hall–Kier alpha value is -2.11. The van der Waals surface area contributed by atoms with Crippen LogP contribution in [0, 0.1) is 0 Å². The first-order valence-corrected chi connectivity index (χ1v) is 30.8. The van der Waals surface area contributed by atoms with Crippen LogP contribution < -0.4 is 0 Å². The monoisotopic (exact) mass is 971 g/mol. The lowest BCUT2D eigenvalue weighted by atomic mass is 10.0. The Kier molecular flexibility index (Phi) is 56.7. The van der Waals surface area contributed by atoms with E-state index in [2.05, 4.69) is 45.1 Å². The molecule has 0 aromatic heterocycles. The van der Waals surface area contributed by atoms with E-state index in [4.69, 9.17) is 14.2 Å². The maximum Gasteiger partial charge on any atom is 0.306 e. The Labute approximate surface area is 430 Å². The molecule has 69 heavy (non-hydrogen) atoms. The lowest BCUT2D eigenvalue weighted by Gasteiger charge is -2.18. The highest BCUT2D eigenvalue weighted by Gasteiger charge is 2.19. The first-order chi connectivity index (χ1) is 34.0. The number of unbranched alkanes of at least 4 members (excludes halogenated alkanes) is 42. The van der Waals surface area contributed by atoms with Crippen LogP contribution in [0.2, 0.25) is 0 Å². The molecule has 0 amide bonds. The van der Waals surface area contributed by atoms with Crippen LogP contribution in [0.25, 0.3) is 0 Å². The van der Waals surface area contributed by atoms with Crippen LogP contribution in [0.15, 0.2) is 24.3 Å². The highest BCUT2D eigenvalue weighted by molar-refractivity contribution is 5.71. The Morgan fingerprint density at radius 3 is 0.826 bits per heavy atom. The molecule has 1 atom stereocenters. The number of hydrogen-bond donors (Lipinski definition) is 0. The van der Waals surface area contributed by atoms with E-state index >= 15 is 0 Å². The smallest absolute Gasteiger partial charge is 0.306 e. The third-order valence-electron chi connectivity index (χ3n) is 14.0. The average molecular weight is 972 g/mol. The molecular weight excluding hydrogens is 853 g/mol. The zero-order chi connectivity index (χ0) is 50.0. The van der Waals surface area contributed by atoms with Crippen LogP contribution in [-0.2, 0) is 28.6 Å². The van der Waals surface area contributed by atoms with Crippen molar-refractivity contribution in [2.24, 2.45) is 0 Å². The molecule has 0 aliphatic heterocycles. The number of ether oxygens (including phenoxy) is 3. The molecule has 0 rings (SSSR count). The molecule has 0 saturated carbocycles. The number of carbonyl (C=O) groups is 3. The van der Waals surface area contributed by atoms with Crippen molar-refractivity contribution >= 4 is 17.9 Å². The van der Waals surface area contributed by atoms with E-state index in [0.717, 1.165) is 64.2 Å². The molecule has 406 valence electrons. The second-order valence-corrected chi connectivity index (χ2v) is 21.0. The van der Waals surface area contributed by atoms with Crippen molar-refractivity contribution in [3.63, 3.8) is 0 Å². The van der Waals surface area contributed by atoms with Gasteiger partial charge in [-0.15, -0.1) is 0 Å². The summed E-state index contributed by atoms with van der Waals surface area (Å²) in [7, 11) is 0. The Balaban J connectivity index is 4.31. The molecular formula is C63H118O6. The van der Waals surface area contributed by atoms with E-state index in [1.54, 1.807) is 0 Å². The Morgan fingerprint density at radius 2 is 0.522 bits per heavy atom. The summed E-state index contributed by atoms with van der Waals surface area (Å²) in [6, 6.07) is 0. The highest BCUT2D eigenvalue weighted by atomic mass is 16.6. The number of esters is 3. The molecule has 0 aromatic carbocycles. The van der Waals surface area contributed by atoms with Gasteiger partial charge in [0.1, 0.15) is 13.2 Å². The molecule has 0 spiro atoms. The fourth-order valence-electron chi connectivity index (χ4n) is 9.30. The fraction of sp³-hybridized carbons (Fsp3) is 0.889. The summed E-state index contributed by atoms with van der Waals surface area (Å²) in [6.07, 6.45) is 68.8. The fourth-order valence-corrected chi connectivity index (χ4v) is 9.30. The van der Waals surface area contributed by atoms with Gasteiger partial charge in [-0.3, -0.25) is 14.4 Å². The zero-order valence-corrected chi connectivity index (χ0v) is 46.6. The van der Waals surface area contributed by atoms with Gasteiger partial charge in [0, 0.05) is 19.3 Å². The van der Waals surface area contributed by atoms with Gasteiger partial charge in [0.15, 0.2) is 6.10 Å². The minimum absolute atomic E-state index is 0.0663. The number of rotatable bonds is 57. The molecule has 0 heterocycles. The predicted octanol–water partition coefficient (Wildman–Crippen LogP) is 20.7. The summed E-state index contributed by atoms with van der Waals surface area (Å²) >= 11 is 0. The predicted molar refractivity (Wildman–Crippen MR) is 298 cm³/mol. The lowest BCUT2D eigenvalue weighted by Crippen LogP contribution is -2.30. The Morgan fingerprint density at radius 1 is 0.290 bits per heavy atom. The highest BCUT2D eigenvalue weighted by Crippen LogP contribution is 2.17. The van der Waals surface area contributed by atoms with Crippen molar-refractivity contribution in [1.29, 1.82) is 0 Å². The van der Waals surface area contributed by atoms with E-state index in [9.17, 15) is 14.4 Å². The third kappa shape index (κ3) is 56.7. The molecule has 6 heteroatoms. The van der Waals surface area contributed by atoms with Crippen LogP contribution in [0.3, 0.4) is 0 Å². The number of hydrogen-bond acceptors (Lipinski definition) is 6. The molecule has 0 bridgehead atoms. The van der Waals surface area contributed by atoms with Crippen molar-refractivity contribution in [3.8, 4) is 0 Å². The first kappa shape index (κ1) is 66.9. The summed E-state index contributed by atoms with van der Waals surface area (Å²) in [6.45, 7) is 6.68. The van der Waals surface area contributed by atoms with Gasteiger partial charge >= 0.3 is 17.9 Å². The minimum atomic E-state index is -0.768. The van der Waals surface area contributed by atoms with E-state index < -0.39 is 6.10 Å². The zero-order valence-electron chi connectivity index (χ0n) is 46.6. The Bertz CT molecular complexity index is 1110. The molecule has 6 nitrogen and oxygen atoms in total. The molecule has 0 aliphatic carbocycles. The van der Waals surface area contributed by atoms with Gasteiger partial charge in [0.05, 0.1) is 0 Å². The molecule has 0 saturated heterocycles. The summed E-state index contributed by atoms with van der Waals surface area (Å²) in [5.41, 5.74) is 0. The lowest BCUT2D eigenvalue weighted by molar-refractivity contribution is -0.167. The van der Waals surface area contributed by atoms with E-state index in [-0.39, 0.29) is 31.1 Å². The van der Waals surface area contributed by atoms with Crippen molar-refractivity contribution in [2.75, 3.05) is 13.2 Å². The summed E-state index contributed by atoms with van der Waals surface area (Å²) in [4.78, 5) is 38.2. The molecule has 0 N–H and O–H groups in total. The van der Waals surface area contributed by atoms with E-state index in [0.29, 0.717) is 19.3 Å². The third-order valence-corrected chi connectivity index (χ3v) is 14.0. The summed E-state index contributed by atoms with van der Waals surface area (Å²) in [5, 5.41) is 0. The van der Waals surface area contributed by atoms with Gasteiger partial charge < -0.3 is 14.2 Å². The van der Waals surface area contributed by atoms with Crippen molar-refractivity contribution in [1.82, 2.24) is 0 Å². The van der Waals surface area contributed by atoms with Crippen LogP contribution in [0.5, 0.6) is 0 Å². The van der Waals surface area contributed by atoms with Gasteiger partial charge in [0.2, 0.25) is 0 Å². The van der Waals surface area contributed by atoms with Crippen LogP contribution >= 0.6 is 0 Å². The SMILES string of the molecule is CCCCC/C=C/C/C=C/CCCCCCCCCCCC(=O)OC[C@@H](COC(=O)CCCCCCCCCCCCCCCCC)OC(=O)CCCCCCCCCCCCCCCCCCC. The minimum Gasteiger partial charge on any atom is -0.462 e. The van der Waals surface area contributed by atoms with E-state index in [1.165, 1.54) is 238 Å². The first-order valence-electron chi connectivity index (χ1n) is 30.8.